The lowest BCUT2D eigenvalue weighted by Gasteiger charge is -2.16. The summed E-state index contributed by atoms with van der Waals surface area (Å²) in [5, 5.41) is 0. The van der Waals surface area contributed by atoms with Gasteiger partial charge in [0.1, 0.15) is 4.33 Å². The fraction of sp³-hybridized carbons (Fsp3) is 1.00. The molecule has 0 spiro atoms. The second-order valence-corrected chi connectivity index (χ2v) is 5.01. The van der Waals surface area contributed by atoms with E-state index in [4.69, 9.17) is 23.2 Å². The summed E-state index contributed by atoms with van der Waals surface area (Å²) >= 11 is 12.0. The molecule has 0 rings (SSSR count). The molecule has 0 N–H and O–H groups in total. The van der Waals surface area contributed by atoms with Crippen LogP contribution in [0.25, 0.3) is 0 Å². The average Bonchev–Trinajstić information content (AvgIpc) is 2.04. The Kier molecular flexibility index (Phi) is 7.37. The van der Waals surface area contributed by atoms with E-state index in [0.29, 0.717) is 0 Å². The fourth-order valence-corrected chi connectivity index (χ4v) is 1.43. The Hall–Kier alpha value is 0.580. The van der Waals surface area contributed by atoms with E-state index >= 15 is 0 Å². The summed E-state index contributed by atoms with van der Waals surface area (Å²) in [6, 6.07) is 0. The predicted octanol–water partition coefficient (Wildman–Crippen LogP) is 4.93. The van der Waals surface area contributed by atoms with Crippen molar-refractivity contribution in [3.63, 3.8) is 0 Å². The summed E-state index contributed by atoms with van der Waals surface area (Å²) in [6.45, 7) is 4.26. The molecule has 0 atom stereocenters. The summed E-state index contributed by atoms with van der Waals surface area (Å²) < 4.78 is -0.466. The SMILES string of the molecule is CCCCCCCC(Cl)(Cl)CC. The van der Waals surface area contributed by atoms with Crippen molar-refractivity contribution in [1.29, 1.82) is 0 Å². The van der Waals surface area contributed by atoms with Gasteiger partial charge >= 0.3 is 0 Å². The van der Waals surface area contributed by atoms with Gasteiger partial charge in [0, 0.05) is 0 Å². The van der Waals surface area contributed by atoms with Crippen LogP contribution in [0.4, 0.5) is 0 Å². The molecule has 0 aliphatic heterocycles. The molecule has 2 heteroatoms. The Bertz CT molecular complexity index is 100. The van der Waals surface area contributed by atoms with Gasteiger partial charge in [-0.15, -0.1) is 23.2 Å². The summed E-state index contributed by atoms with van der Waals surface area (Å²) in [4.78, 5) is 0. The molecule has 0 aliphatic carbocycles. The maximum Gasteiger partial charge on any atom is 0.118 e. The van der Waals surface area contributed by atoms with E-state index in [-0.39, 0.29) is 0 Å². The van der Waals surface area contributed by atoms with Gasteiger partial charge in [0.05, 0.1) is 0 Å². The van der Waals surface area contributed by atoms with Crippen molar-refractivity contribution < 1.29 is 0 Å². The van der Waals surface area contributed by atoms with Gasteiger partial charge in [-0.05, 0) is 12.8 Å². The Morgan fingerprint density at radius 1 is 0.917 bits per heavy atom. The smallest absolute Gasteiger partial charge is 0.102 e. The van der Waals surface area contributed by atoms with Crippen LogP contribution in [0, 0.1) is 0 Å². The fourth-order valence-electron chi connectivity index (χ4n) is 1.16. The number of alkyl halides is 2. The van der Waals surface area contributed by atoms with Gasteiger partial charge in [0.15, 0.2) is 0 Å². The first-order valence-corrected chi connectivity index (χ1v) is 5.76. The molecular formula is C10H20Cl2. The topological polar surface area (TPSA) is 0 Å². The number of halogens is 2. The molecule has 0 bridgehead atoms. The zero-order valence-electron chi connectivity index (χ0n) is 8.21. The Labute approximate surface area is 86.6 Å². The van der Waals surface area contributed by atoms with E-state index in [9.17, 15) is 0 Å². The molecule has 0 saturated heterocycles. The van der Waals surface area contributed by atoms with Crippen molar-refractivity contribution >= 4 is 23.2 Å². The molecule has 12 heavy (non-hydrogen) atoms. The molecule has 0 aromatic heterocycles. The lowest BCUT2D eigenvalue weighted by Crippen LogP contribution is -2.09. The second kappa shape index (κ2) is 7.03. The van der Waals surface area contributed by atoms with E-state index in [2.05, 4.69) is 6.92 Å². The summed E-state index contributed by atoms with van der Waals surface area (Å²) in [7, 11) is 0. The third kappa shape index (κ3) is 7.24. The molecule has 0 heterocycles. The number of hydrogen-bond acceptors (Lipinski definition) is 0. The molecule has 0 aliphatic rings. The minimum atomic E-state index is -0.466. The van der Waals surface area contributed by atoms with Crippen LogP contribution in [0.2, 0.25) is 0 Å². The van der Waals surface area contributed by atoms with Crippen molar-refractivity contribution in [3.8, 4) is 0 Å². The standard InChI is InChI=1S/C10H20Cl2/c1-3-5-6-7-8-9-10(11,12)4-2/h3-9H2,1-2H3. The number of hydrogen-bond donors (Lipinski definition) is 0. The minimum Gasteiger partial charge on any atom is -0.102 e. The van der Waals surface area contributed by atoms with Gasteiger partial charge in [-0.3, -0.25) is 0 Å². The van der Waals surface area contributed by atoms with Crippen LogP contribution in [-0.2, 0) is 0 Å². The highest BCUT2D eigenvalue weighted by molar-refractivity contribution is 6.48. The predicted molar refractivity (Wildman–Crippen MR) is 58.1 cm³/mol. The molecule has 74 valence electrons. The minimum absolute atomic E-state index is 0.466. The highest BCUT2D eigenvalue weighted by Crippen LogP contribution is 2.31. The third-order valence-electron chi connectivity index (χ3n) is 2.16. The second-order valence-electron chi connectivity index (χ2n) is 3.37. The quantitative estimate of drug-likeness (QED) is 0.413. The summed E-state index contributed by atoms with van der Waals surface area (Å²) in [5.41, 5.74) is 0. The zero-order chi connectivity index (χ0) is 9.45. The van der Waals surface area contributed by atoms with Crippen LogP contribution in [0.5, 0.6) is 0 Å². The molecule has 0 saturated carbocycles. The lowest BCUT2D eigenvalue weighted by atomic mass is 10.1. The Morgan fingerprint density at radius 2 is 1.50 bits per heavy atom. The van der Waals surface area contributed by atoms with Gasteiger partial charge in [0.25, 0.3) is 0 Å². The molecule has 0 aromatic rings. The first-order valence-electron chi connectivity index (χ1n) is 5.00. The monoisotopic (exact) mass is 210 g/mol. The first-order chi connectivity index (χ1) is 5.62. The van der Waals surface area contributed by atoms with Crippen LogP contribution in [-0.4, -0.2) is 4.33 Å². The number of rotatable bonds is 7. The zero-order valence-corrected chi connectivity index (χ0v) is 9.72. The normalized spacial score (nSPS) is 12.0. The molecular weight excluding hydrogens is 191 g/mol. The van der Waals surface area contributed by atoms with Crippen molar-refractivity contribution in [1.82, 2.24) is 0 Å². The first kappa shape index (κ1) is 12.6. The molecule has 0 aromatic carbocycles. The molecule has 0 unspecified atom stereocenters. The van der Waals surface area contributed by atoms with Crippen LogP contribution in [0.3, 0.4) is 0 Å². The van der Waals surface area contributed by atoms with Crippen molar-refractivity contribution in [3.05, 3.63) is 0 Å². The lowest BCUT2D eigenvalue weighted by molar-refractivity contribution is 0.566. The van der Waals surface area contributed by atoms with Crippen LogP contribution in [0.15, 0.2) is 0 Å². The van der Waals surface area contributed by atoms with Crippen molar-refractivity contribution in [2.24, 2.45) is 0 Å². The summed E-state index contributed by atoms with van der Waals surface area (Å²) in [5.74, 6) is 0. The highest BCUT2D eigenvalue weighted by Gasteiger charge is 2.19. The van der Waals surface area contributed by atoms with Crippen LogP contribution < -0.4 is 0 Å². The maximum absolute atomic E-state index is 6.00. The highest BCUT2D eigenvalue weighted by atomic mass is 35.5. The van der Waals surface area contributed by atoms with Gasteiger partial charge in [-0.2, -0.15) is 0 Å². The van der Waals surface area contributed by atoms with E-state index in [1.807, 2.05) is 6.92 Å². The number of unbranched alkanes of at least 4 members (excludes halogenated alkanes) is 4. The van der Waals surface area contributed by atoms with Gasteiger partial charge in [-0.25, -0.2) is 0 Å². The van der Waals surface area contributed by atoms with Crippen LogP contribution >= 0.6 is 23.2 Å². The van der Waals surface area contributed by atoms with E-state index in [0.717, 1.165) is 12.8 Å². The van der Waals surface area contributed by atoms with E-state index in [1.54, 1.807) is 0 Å². The largest absolute Gasteiger partial charge is 0.118 e. The van der Waals surface area contributed by atoms with Gasteiger partial charge in [-0.1, -0.05) is 46.0 Å². The van der Waals surface area contributed by atoms with E-state index in [1.165, 1.54) is 32.1 Å². The molecule has 0 fully saturated rings. The third-order valence-corrected chi connectivity index (χ3v) is 3.08. The van der Waals surface area contributed by atoms with Gasteiger partial charge < -0.3 is 0 Å². The summed E-state index contributed by atoms with van der Waals surface area (Å²) in [6.07, 6.45) is 8.19. The van der Waals surface area contributed by atoms with Crippen molar-refractivity contribution in [2.45, 2.75) is 63.1 Å². The maximum atomic E-state index is 6.00. The molecule has 0 nitrogen and oxygen atoms in total. The Balaban J connectivity index is 3.19. The van der Waals surface area contributed by atoms with E-state index < -0.39 is 4.33 Å². The van der Waals surface area contributed by atoms with Gasteiger partial charge in [0.2, 0.25) is 0 Å². The van der Waals surface area contributed by atoms with Crippen molar-refractivity contribution in [2.75, 3.05) is 0 Å². The average molecular weight is 211 g/mol. The van der Waals surface area contributed by atoms with Crippen LogP contribution in [0.1, 0.15) is 58.8 Å². The molecule has 0 radical (unpaired) electrons. The Morgan fingerprint density at radius 3 is 2.00 bits per heavy atom. The molecule has 0 amide bonds.